The maximum absolute atomic E-state index is 5.93. The number of rotatable bonds is 5. The van der Waals surface area contributed by atoms with Gasteiger partial charge >= 0.3 is 0 Å². The van der Waals surface area contributed by atoms with E-state index in [0.29, 0.717) is 5.41 Å². The van der Waals surface area contributed by atoms with Crippen LogP contribution < -0.4 is 5.32 Å². The van der Waals surface area contributed by atoms with E-state index in [2.05, 4.69) is 39.9 Å². The van der Waals surface area contributed by atoms with Gasteiger partial charge in [-0.2, -0.15) is 0 Å². The molecule has 2 aromatic rings. The minimum atomic E-state index is 0. The number of benzene rings is 1. The lowest BCUT2D eigenvalue weighted by atomic mass is 9.82. The van der Waals surface area contributed by atoms with E-state index >= 15 is 0 Å². The van der Waals surface area contributed by atoms with Crippen molar-refractivity contribution >= 4 is 24.0 Å². The average molecular weight is 356 g/mol. The van der Waals surface area contributed by atoms with Crippen molar-refractivity contribution in [3.63, 3.8) is 0 Å². The Morgan fingerprint density at radius 3 is 2.13 bits per heavy atom. The summed E-state index contributed by atoms with van der Waals surface area (Å²) in [5.41, 5.74) is 1.42. The number of furan rings is 1. The van der Waals surface area contributed by atoms with Crippen LogP contribution in [-0.2, 0) is 6.54 Å². The molecule has 1 aromatic heterocycles. The Labute approximate surface area is 151 Å². The van der Waals surface area contributed by atoms with Gasteiger partial charge in [0.15, 0.2) is 0 Å². The standard InChI is InChI=1S/C19H26ClNO.ClH/c1-18(2,3)13-19(4,5)21-12-16-10-11-17(22-16)14-6-8-15(20)9-7-14;/h6-11,21H,12-13H2,1-5H3;1H. The number of hydrogen-bond acceptors (Lipinski definition) is 2. The Balaban J connectivity index is 0.00000264. The van der Waals surface area contributed by atoms with E-state index in [1.807, 2.05) is 36.4 Å². The topological polar surface area (TPSA) is 25.2 Å². The molecule has 23 heavy (non-hydrogen) atoms. The summed E-state index contributed by atoms with van der Waals surface area (Å²) < 4.78 is 5.93. The zero-order chi connectivity index (χ0) is 16.4. The maximum Gasteiger partial charge on any atom is 0.134 e. The predicted octanol–water partition coefficient (Wildman–Crippen LogP) is 6.33. The normalized spacial score (nSPS) is 12.1. The van der Waals surface area contributed by atoms with Crippen molar-refractivity contribution in [1.29, 1.82) is 0 Å². The van der Waals surface area contributed by atoms with Crippen LogP contribution in [0.25, 0.3) is 11.3 Å². The van der Waals surface area contributed by atoms with E-state index in [1.54, 1.807) is 0 Å². The first-order chi connectivity index (χ1) is 10.1. The molecular formula is C19H27Cl2NO. The molecule has 0 aliphatic heterocycles. The third kappa shape index (κ3) is 6.58. The summed E-state index contributed by atoms with van der Waals surface area (Å²) in [6.45, 7) is 12.0. The smallest absolute Gasteiger partial charge is 0.134 e. The monoisotopic (exact) mass is 355 g/mol. The van der Waals surface area contributed by atoms with Gasteiger partial charge < -0.3 is 9.73 Å². The van der Waals surface area contributed by atoms with Gasteiger partial charge in [-0.25, -0.2) is 0 Å². The van der Waals surface area contributed by atoms with Gasteiger partial charge in [0.1, 0.15) is 11.5 Å². The molecule has 0 amide bonds. The predicted molar refractivity (Wildman–Crippen MR) is 101 cm³/mol. The summed E-state index contributed by atoms with van der Waals surface area (Å²) in [6.07, 6.45) is 1.10. The SMILES string of the molecule is CC(C)(C)CC(C)(C)NCc1ccc(-c2ccc(Cl)cc2)o1.Cl. The van der Waals surface area contributed by atoms with Gasteiger partial charge in [-0.05, 0) is 62.1 Å². The molecule has 0 saturated carbocycles. The molecule has 1 heterocycles. The summed E-state index contributed by atoms with van der Waals surface area (Å²) in [7, 11) is 0. The zero-order valence-corrected chi connectivity index (χ0v) is 16.1. The fraction of sp³-hybridized carbons (Fsp3) is 0.474. The third-order valence-electron chi connectivity index (χ3n) is 3.50. The molecule has 0 fully saturated rings. The van der Waals surface area contributed by atoms with Crippen molar-refractivity contribution in [2.75, 3.05) is 0 Å². The first-order valence-electron chi connectivity index (χ1n) is 7.74. The van der Waals surface area contributed by atoms with E-state index in [-0.39, 0.29) is 17.9 Å². The van der Waals surface area contributed by atoms with Gasteiger partial charge in [-0.3, -0.25) is 0 Å². The molecule has 2 nitrogen and oxygen atoms in total. The van der Waals surface area contributed by atoms with Crippen LogP contribution in [0.1, 0.15) is 46.8 Å². The molecule has 0 aliphatic carbocycles. The second-order valence-corrected chi connectivity index (χ2v) is 8.18. The minimum absolute atomic E-state index is 0. The van der Waals surface area contributed by atoms with E-state index in [4.69, 9.17) is 16.0 Å². The van der Waals surface area contributed by atoms with Crippen LogP contribution in [0.5, 0.6) is 0 Å². The summed E-state index contributed by atoms with van der Waals surface area (Å²) in [5.74, 6) is 1.83. The molecule has 4 heteroatoms. The molecule has 0 bridgehead atoms. The van der Waals surface area contributed by atoms with Crippen LogP contribution in [0, 0.1) is 5.41 Å². The average Bonchev–Trinajstić information content (AvgIpc) is 2.83. The highest BCUT2D eigenvalue weighted by Gasteiger charge is 2.25. The van der Waals surface area contributed by atoms with Crippen molar-refractivity contribution in [2.24, 2.45) is 5.41 Å². The lowest BCUT2D eigenvalue weighted by molar-refractivity contribution is 0.236. The van der Waals surface area contributed by atoms with Crippen molar-refractivity contribution in [2.45, 2.75) is 53.1 Å². The molecule has 0 unspecified atom stereocenters. The molecule has 0 atom stereocenters. The van der Waals surface area contributed by atoms with Crippen LogP contribution >= 0.6 is 24.0 Å². The first kappa shape index (κ1) is 20.1. The summed E-state index contributed by atoms with van der Waals surface area (Å²) >= 11 is 5.92. The van der Waals surface area contributed by atoms with Crippen LogP contribution in [-0.4, -0.2) is 5.54 Å². The molecule has 0 spiro atoms. The van der Waals surface area contributed by atoms with Crippen LogP contribution in [0.3, 0.4) is 0 Å². The fourth-order valence-electron chi connectivity index (χ4n) is 2.96. The summed E-state index contributed by atoms with van der Waals surface area (Å²) in [5, 5.41) is 4.33. The van der Waals surface area contributed by atoms with Crippen LogP contribution in [0.4, 0.5) is 0 Å². The van der Waals surface area contributed by atoms with Crippen molar-refractivity contribution < 1.29 is 4.42 Å². The first-order valence-corrected chi connectivity index (χ1v) is 8.12. The Kier molecular flexibility index (Phi) is 6.76. The lowest BCUT2D eigenvalue weighted by Crippen LogP contribution is -2.41. The third-order valence-corrected chi connectivity index (χ3v) is 3.76. The Hall–Kier alpha value is -0.960. The van der Waals surface area contributed by atoms with Gasteiger partial charge in [-0.15, -0.1) is 12.4 Å². The number of nitrogens with one attached hydrogen (secondary N) is 1. The van der Waals surface area contributed by atoms with Crippen LogP contribution in [0.2, 0.25) is 5.02 Å². The van der Waals surface area contributed by atoms with E-state index < -0.39 is 0 Å². The van der Waals surface area contributed by atoms with Crippen molar-refractivity contribution in [3.8, 4) is 11.3 Å². The van der Waals surface area contributed by atoms with Crippen molar-refractivity contribution in [3.05, 3.63) is 47.2 Å². The number of halogens is 2. The second kappa shape index (κ2) is 7.74. The molecule has 0 aliphatic rings. The lowest BCUT2D eigenvalue weighted by Gasteiger charge is -2.33. The van der Waals surface area contributed by atoms with Gasteiger partial charge in [0.2, 0.25) is 0 Å². The quantitative estimate of drug-likeness (QED) is 0.677. The van der Waals surface area contributed by atoms with Crippen molar-refractivity contribution in [1.82, 2.24) is 5.32 Å². The van der Waals surface area contributed by atoms with Gasteiger partial charge in [-0.1, -0.05) is 32.4 Å². The van der Waals surface area contributed by atoms with Gasteiger partial charge in [0.05, 0.1) is 6.54 Å². The van der Waals surface area contributed by atoms with Gasteiger partial charge in [0.25, 0.3) is 0 Å². The molecule has 128 valence electrons. The maximum atomic E-state index is 5.93. The Morgan fingerprint density at radius 1 is 0.957 bits per heavy atom. The second-order valence-electron chi connectivity index (χ2n) is 7.75. The number of hydrogen-bond donors (Lipinski definition) is 1. The highest BCUT2D eigenvalue weighted by Crippen LogP contribution is 2.28. The molecular weight excluding hydrogens is 329 g/mol. The van der Waals surface area contributed by atoms with E-state index in [9.17, 15) is 0 Å². The zero-order valence-electron chi connectivity index (χ0n) is 14.6. The van der Waals surface area contributed by atoms with E-state index in [0.717, 1.165) is 35.1 Å². The molecule has 1 N–H and O–H groups in total. The highest BCUT2D eigenvalue weighted by molar-refractivity contribution is 6.30. The van der Waals surface area contributed by atoms with Gasteiger partial charge in [0, 0.05) is 16.1 Å². The molecule has 2 rings (SSSR count). The largest absolute Gasteiger partial charge is 0.460 e. The molecule has 0 saturated heterocycles. The molecule has 0 radical (unpaired) electrons. The minimum Gasteiger partial charge on any atom is -0.460 e. The summed E-state index contributed by atoms with van der Waals surface area (Å²) in [6, 6.07) is 11.7. The highest BCUT2D eigenvalue weighted by atomic mass is 35.5. The van der Waals surface area contributed by atoms with Crippen LogP contribution in [0.15, 0.2) is 40.8 Å². The molecule has 1 aromatic carbocycles. The van der Waals surface area contributed by atoms with E-state index in [1.165, 1.54) is 0 Å². The Bertz CT molecular complexity index is 609. The Morgan fingerprint density at radius 2 is 1.57 bits per heavy atom. The fourth-order valence-corrected chi connectivity index (χ4v) is 3.08. The summed E-state index contributed by atoms with van der Waals surface area (Å²) in [4.78, 5) is 0.